The first-order chi connectivity index (χ1) is 20.8. The molecule has 0 saturated heterocycles. The Labute approximate surface area is 261 Å². The molecule has 4 N–H and O–H groups in total. The minimum absolute atomic E-state index is 0.310. The van der Waals surface area contributed by atoms with Crippen LogP contribution in [-0.4, -0.2) is 20.4 Å². The molecule has 0 unspecified atom stereocenters. The summed E-state index contributed by atoms with van der Waals surface area (Å²) < 4.78 is 6.79. The number of benzene rings is 4. The predicted molar refractivity (Wildman–Crippen MR) is 174 cm³/mol. The average molecular weight is 656 g/mol. The minimum atomic E-state index is -0.723. The van der Waals surface area contributed by atoms with E-state index in [1.807, 2.05) is 105 Å². The van der Waals surface area contributed by atoms with Crippen LogP contribution in [0.15, 0.2) is 105 Å². The second kappa shape index (κ2) is 12.0. The van der Waals surface area contributed by atoms with Crippen molar-refractivity contribution in [3.63, 3.8) is 0 Å². The summed E-state index contributed by atoms with van der Waals surface area (Å²) in [5.74, 6) is -0.0971. The molecule has 7 nitrogen and oxygen atoms in total. The number of aryl methyl sites for hydroxylation is 2. The van der Waals surface area contributed by atoms with Crippen molar-refractivity contribution in [3.05, 3.63) is 155 Å². The molecule has 6 rings (SSSR count). The second-order valence-corrected chi connectivity index (χ2v) is 11.8. The summed E-state index contributed by atoms with van der Waals surface area (Å²) in [6, 6.07) is 28.9. The highest BCUT2D eigenvalue weighted by atomic mass is 79.9. The molecule has 0 saturated carbocycles. The third-order valence-corrected chi connectivity index (χ3v) is 8.36. The SMILES string of the molecule is Cc1ccc(-c2[nH][nH]c(=O)c2C(c2ccc(OCc3ccc(Cl)cc3)c(Br)c2)c2c(-c3ccc(C)cc3)[nH][nH]c2=O)cc1. The molecule has 0 aliphatic heterocycles. The molecule has 43 heavy (non-hydrogen) atoms. The first-order valence-corrected chi connectivity index (χ1v) is 14.9. The van der Waals surface area contributed by atoms with Crippen molar-refractivity contribution in [1.82, 2.24) is 20.4 Å². The molecule has 0 aliphatic rings. The zero-order valence-electron chi connectivity index (χ0n) is 23.4. The van der Waals surface area contributed by atoms with E-state index in [0.29, 0.717) is 44.4 Å². The lowest BCUT2D eigenvalue weighted by atomic mass is 9.83. The summed E-state index contributed by atoms with van der Waals surface area (Å²) in [5.41, 5.74) is 7.05. The van der Waals surface area contributed by atoms with Crippen LogP contribution >= 0.6 is 27.5 Å². The number of hydrogen-bond donors (Lipinski definition) is 4. The van der Waals surface area contributed by atoms with Gasteiger partial charge >= 0.3 is 0 Å². The van der Waals surface area contributed by atoms with E-state index in [9.17, 15) is 9.59 Å². The number of rotatable bonds is 8. The Balaban J connectivity index is 1.49. The molecule has 0 bridgehead atoms. The summed E-state index contributed by atoms with van der Waals surface area (Å²) in [7, 11) is 0. The molecule has 216 valence electrons. The lowest BCUT2D eigenvalue weighted by molar-refractivity contribution is 0.304. The van der Waals surface area contributed by atoms with E-state index in [2.05, 4.69) is 36.3 Å². The third kappa shape index (κ3) is 5.89. The predicted octanol–water partition coefficient (Wildman–Crippen LogP) is 7.85. The van der Waals surface area contributed by atoms with Gasteiger partial charge in [-0.3, -0.25) is 30.0 Å². The Morgan fingerprint density at radius 2 is 1.21 bits per heavy atom. The Morgan fingerprint density at radius 1 is 0.698 bits per heavy atom. The number of aromatic amines is 4. The van der Waals surface area contributed by atoms with E-state index in [1.165, 1.54) is 0 Å². The zero-order chi connectivity index (χ0) is 30.1. The highest BCUT2D eigenvalue weighted by Gasteiger charge is 2.31. The smallest absolute Gasteiger partial charge is 0.268 e. The fourth-order valence-corrected chi connectivity index (χ4v) is 5.85. The molecule has 6 aromatic rings. The quantitative estimate of drug-likeness (QED) is 0.134. The van der Waals surface area contributed by atoms with Gasteiger partial charge in [0.05, 0.1) is 27.0 Å². The normalized spacial score (nSPS) is 11.3. The van der Waals surface area contributed by atoms with Gasteiger partial charge in [-0.15, -0.1) is 0 Å². The zero-order valence-corrected chi connectivity index (χ0v) is 25.8. The van der Waals surface area contributed by atoms with Crippen molar-refractivity contribution >= 4 is 27.5 Å². The summed E-state index contributed by atoms with van der Waals surface area (Å²) in [5, 5.41) is 12.3. The molecule has 0 fully saturated rings. The Hall–Kier alpha value is -4.53. The first-order valence-electron chi connectivity index (χ1n) is 13.7. The summed E-state index contributed by atoms with van der Waals surface area (Å²) in [4.78, 5) is 27.1. The maximum atomic E-state index is 13.6. The largest absolute Gasteiger partial charge is 0.488 e. The Kier molecular flexibility index (Phi) is 7.97. The molecule has 0 radical (unpaired) electrons. The van der Waals surface area contributed by atoms with Crippen LogP contribution in [0.5, 0.6) is 5.75 Å². The molecule has 2 aromatic heterocycles. The maximum absolute atomic E-state index is 13.6. The van der Waals surface area contributed by atoms with Gasteiger partial charge in [0.2, 0.25) is 0 Å². The van der Waals surface area contributed by atoms with Crippen molar-refractivity contribution < 1.29 is 4.74 Å². The molecular weight excluding hydrogens is 628 g/mol. The van der Waals surface area contributed by atoms with Gasteiger partial charge in [0.15, 0.2) is 0 Å². The van der Waals surface area contributed by atoms with Gasteiger partial charge in [-0.05, 0) is 76.3 Å². The molecule has 2 heterocycles. The van der Waals surface area contributed by atoms with Crippen LogP contribution in [0.25, 0.3) is 22.5 Å². The van der Waals surface area contributed by atoms with Crippen LogP contribution in [0.2, 0.25) is 5.02 Å². The van der Waals surface area contributed by atoms with Gasteiger partial charge < -0.3 is 4.74 Å². The van der Waals surface area contributed by atoms with Gasteiger partial charge in [0.25, 0.3) is 11.1 Å². The molecular formula is C34H28BrClN4O3. The maximum Gasteiger partial charge on any atom is 0.268 e. The van der Waals surface area contributed by atoms with Gasteiger partial charge in [-0.2, -0.15) is 0 Å². The monoisotopic (exact) mass is 654 g/mol. The van der Waals surface area contributed by atoms with Crippen molar-refractivity contribution in [2.75, 3.05) is 0 Å². The van der Waals surface area contributed by atoms with E-state index >= 15 is 0 Å². The summed E-state index contributed by atoms with van der Waals surface area (Å²) in [6.07, 6.45) is 0. The third-order valence-electron chi connectivity index (χ3n) is 7.48. The van der Waals surface area contributed by atoms with E-state index in [-0.39, 0.29) is 11.1 Å². The van der Waals surface area contributed by atoms with Crippen LogP contribution in [0.3, 0.4) is 0 Å². The fraction of sp³-hybridized carbons (Fsp3) is 0.118. The molecule has 4 aromatic carbocycles. The van der Waals surface area contributed by atoms with Crippen molar-refractivity contribution in [2.24, 2.45) is 0 Å². The highest BCUT2D eigenvalue weighted by molar-refractivity contribution is 9.10. The van der Waals surface area contributed by atoms with Gasteiger partial charge in [-0.1, -0.05) is 89.5 Å². The number of halogens is 2. The standard InChI is InChI=1S/C34H28BrClN4O3/c1-19-3-9-22(10-4-19)31-29(33(41)39-37-31)28(30-32(38-40-34(30)42)23-11-5-20(2)6-12-23)24-13-16-27(26(35)17-24)43-18-21-7-14-25(36)15-8-21/h3-17,28H,18H2,1-2H3,(H2,37,39,41)(H2,38,40,42). The van der Waals surface area contributed by atoms with Crippen LogP contribution in [0.4, 0.5) is 0 Å². The van der Waals surface area contributed by atoms with Crippen molar-refractivity contribution in [3.8, 4) is 28.3 Å². The average Bonchev–Trinajstić information content (AvgIpc) is 3.57. The molecule has 9 heteroatoms. The van der Waals surface area contributed by atoms with Crippen LogP contribution in [-0.2, 0) is 6.61 Å². The van der Waals surface area contributed by atoms with Gasteiger partial charge in [0, 0.05) is 10.9 Å². The topological polar surface area (TPSA) is 107 Å². The van der Waals surface area contributed by atoms with E-state index in [1.54, 1.807) is 0 Å². The highest BCUT2D eigenvalue weighted by Crippen LogP contribution is 2.40. The Morgan fingerprint density at radius 3 is 1.70 bits per heavy atom. The lowest BCUT2D eigenvalue weighted by Crippen LogP contribution is -2.20. The summed E-state index contributed by atoms with van der Waals surface area (Å²) >= 11 is 9.69. The molecule has 0 amide bonds. The van der Waals surface area contributed by atoms with Gasteiger partial charge in [0.1, 0.15) is 12.4 Å². The van der Waals surface area contributed by atoms with E-state index in [4.69, 9.17) is 16.3 Å². The van der Waals surface area contributed by atoms with Crippen LogP contribution in [0.1, 0.15) is 39.3 Å². The van der Waals surface area contributed by atoms with Crippen LogP contribution < -0.4 is 15.9 Å². The molecule has 0 aliphatic carbocycles. The summed E-state index contributed by atoms with van der Waals surface area (Å²) in [6.45, 7) is 4.37. The number of nitrogens with one attached hydrogen (secondary N) is 4. The number of hydrogen-bond acceptors (Lipinski definition) is 3. The molecule has 0 spiro atoms. The Bertz CT molecular complexity index is 1910. The van der Waals surface area contributed by atoms with E-state index in [0.717, 1.165) is 33.4 Å². The molecule has 0 atom stereocenters. The fourth-order valence-electron chi connectivity index (χ4n) is 5.21. The first kappa shape index (κ1) is 28.6. The minimum Gasteiger partial charge on any atom is -0.488 e. The number of H-pyrrole nitrogens is 4. The van der Waals surface area contributed by atoms with E-state index < -0.39 is 5.92 Å². The lowest BCUT2D eigenvalue weighted by Gasteiger charge is -2.19. The number of aromatic nitrogens is 4. The number of ether oxygens (including phenoxy) is 1. The van der Waals surface area contributed by atoms with Crippen molar-refractivity contribution in [2.45, 2.75) is 26.4 Å². The second-order valence-electron chi connectivity index (χ2n) is 10.5. The van der Waals surface area contributed by atoms with Crippen molar-refractivity contribution in [1.29, 1.82) is 0 Å². The van der Waals surface area contributed by atoms with Crippen LogP contribution in [0, 0.1) is 13.8 Å². The van der Waals surface area contributed by atoms with Gasteiger partial charge in [-0.25, -0.2) is 0 Å².